The number of likely N-dealkylation sites (tertiary alicyclic amines) is 1. The molecule has 0 bridgehead atoms. The zero-order valence-electron chi connectivity index (χ0n) is 16.3. The summed E-state index contributed by atoms with van der Waals surface area (Å²) in [6, 6.07) is 0. The van der Waals surface area contributed by atoms with Crippen LogP contribution in [0.1, 0.15) is 68.8 Å². The first-order valence-corrected chi connectivity index (χ1v) is 9.74. The number of aromatic nitrogens is 1. The summed E-state index contributed by atoms with van der Waals surface area (Å²) < 4.78 is 10.6. The second-order valence-corrected chi connectivity index (χ2v) is 8.58. The molecule has 1 fully saturated rings. The predicted octanol–water partition coefficient (Wildman–Crippen LogP) is 3.24. The normalized spacial score (nSPS) is 23.5. The Kier molecular flexibility index (Phi) is 5.39. The van der Waals surface area contributed by atoms with E-state index >= 15 is 0 Å². The van der Waals surface area contributed by atoms with Crippen LogP contribution >= 0.6 is 0 Å². The minimum atomic E-state index is -0.238. The minimum Gasteiger partial charge on any atom is -0.466 e. The van der Waals surface area contributed by atoms with E-state index in [-0.39, 0.29) is 23.2 Å². The van der Waals surface area contributed by atoms with Gasteiger partial charge in [0, 0.05) is 25.1 Å². The van der Waals surface area contributed by atoms with Crippen molar-refractivity contribution in [2.45, 2.75) is 59.8 Å². The summed E-state index contributed by atoms with van der Waals surface area (Å²) >= 11 is 0. The Balaban J connectivity index is 1.75. The van der Waals surface area contributed by atoms with Gasteiger partial charge in [-0.3, -0.25) is 9.59 Å². The lowest BCUT2D eigenvalue weighted by Gasteiger charge is -2.34. The molecule has 6 nitrogen and oxygen atoms in total. The van der Waals surface area contributed by atoms with Crippen molar-refractivity contribution in [2.24, 2.45) is 17.3 Å². The summed E-state index contributed by atoms with van der Waals surface area (Å²) in [5, 5.41) is 4.11. The molecule has 2 unspecified atom stereocenters. The zero-order valence-corrected chi connectivity index (χ0v) is 16.3. The number of piperidine rings is 1. The fourth-order valence-corrected chi connectivity index (χ4v) is 4.08. The van der Waals surface area contributed by atoms with Gasteiger partial charge in [-0.25, -0.2) is 0 Å². The first kappa shape index (κ1) is 18.9. The second kappa shape index (κ2) is 7.41. The summed E-state index contributed by atoms with van der Waals surface area (Å²) in [7, 11) is 0. The topological polar surface area (TPSA) is 72.6 Å². The molecule has 144 valence electrons. The Hall–Kier alpha value is -1.85. The van der Waals surface area contributed by atoms with Gasteiger partial charge >= 0.3 is 5.97 Å². The van der Waals surface area contributed by atoms with Crippen LogP contribution in [0.3, 0.4) is 0 Å². The van der Waals surface area contributed by atoms with Crippen molar-refractivity contribution in [3.05, 3.63) is 17.0 Å². The summed E-state index contributed by atoms with van der Waals surface area (Å²) in [5.41, 5.74) is 1.60. The lowest BCUT2D eigenvalue weighted by Crippen LogP contribution is -2.43. The molecule has 1 aromatic heterocycles. The van der Waals surface area contributed by atoms with Crippen LogP contribution < -0.4 is 0 Å². The van der Waals surface area contributed by atoms with Crippen molar-refractivity contribution in [3.8, 4) is 0 Å². The van der Waals surface area contributed by atoms with E-state index in [1.165, 1.54) is 0 Å². The summed E-state index contributed by atoms with van der Waals surface area (Å²) in [4.78, 5) is 26.9. The molecule has 26 heavy (non-hydrogen) atoms. The van der Waals surface area contributed by atoms with Gasteiger partial charge in [0.1, 0.15) is 5.76 Å². The third-order valence-corrected chi connectivity index (χ3v) is 5.80. The molecule has 1 saturated heterocycles. The maximum absolute atomic E-state index is 13.1. The van der Waals surface area contributed by atoms with Gasteiger partial charge in [-0.15, -0.1) is 0 Å². The molecule has 1 aromatic rings. The maximum Gasteiger partial charge on any atom is 0.310 e. The van der Waals surface area contributed by atoms with Crippen molar-refractivity contribution >= 4 is 11.9 Å². The lowest BCUT2D eigenvalue weighted by atomic mass is 9.71. The SMILES string of the molecule is CCOC(=O)C1CCCN(C(=O)c2noc3c2CC(C(C)(C)C)CC3)C1. The second-order valence-electron chi connectivity index (χ2n) is 8.58. The molecule has 1 aliphatic carbocycles. The van der Waals surface area contributed by atoms with Crippen molar-refractivity contribution in [1.29, 1.82) is 0 Å². The van der Waals surface area contributed by atoms with Gasteiger partial charge in [0.25, 0.3) is 5.91 Å². The van der Waals surface area contributed by atoms with E-state index in [1.54, 1.807) is 11.8 Å². The fourth-order valence-electron chi connectivity index (χ4n) is 4.08. The molecule has 0 N–H and O–H groups in total. The van der Waals surface area contributed by atoms with Gasteiger partial charge in [-0.2, -0.15) is 0 Å². The van der Waals surface area contributed by atoms with E-state index in [4.69, 9.17) is 9.26 Å². The Morgan fingerprint density at radius 2 is 2.08 bits per heavy atom. The Morgan fingerprint density at radius 3 is 2.77 bits per heavy atom. The van der Waals surface area contributed by atoms with E-state index in [9.17, 15) is 9.59 Å². The largest absolute Gasteiger partial charge is 0.466 e. The van der Waals surface area contributed by atoms with Crippen LogP contribution in [0.5, 0.6) is 0 Å². The number of amides is 1. The third-order valence-electron chi connectivity index (χ3n) is 5.80. The molecule has 2 aliphatic rings. The molecule has 6 heteroatoms. The highest BCUT2D eigenvalue weighted by Gasteiger charge is 2.37. The van der Waals surface area contributed by atoms with E-state index in [1.807, 2.05) is 0 Å². The highest BCUT2D eigenvalue weighted by molar-refractivity contribution is 5.94. The molecule has 2 atom stereocenters. The number of nitrogens with zero attached hydrogens (tertiary/aromatic N) is 2. The monoisotopic (exact) mass is 362 g/mol. The molecule has 0 aromatic carbocycles. The van der Waals surface area contributed by atoms with Crippen LogP contribution in [0.15, 0.2) is 4.52 Å². The average molecular weight is 362 g/mol. The Labute approximate surface area is 155 Å². The summed E-state index contributed by atoms with van der Waals surface area (Å²) in [6.45, 7) is 9.96. The van der Waals surface area contributed by atoms with Crippen molar-refractivity contribution in [1.82, 2.24) is 10.1 Å². The first-order chi connectivity index (χ1) is 12.3. The minimum absolute atomic E-state index is 0.112. The molecule has 1 aliphatic heterocycles. The highest BCUT2D eigenvalue weighted by atomic mass is 16.5. The van der Waals surface area contributed by atoms with Crippen LogP contribution in [-0.2, 0) is 22.4 Å². The maximum atomic E-state index is 13.1. The smallest absolute Gasteiger partial charge is 0.310 e. The highest BCUT2D eigenvalue weighted by Crippen LogP contribution is 2.38. The number of carbonyl (C=O) groups excluding carboxylic acids is 2. The molecule has 2 heterocycles. The fraction of sp³-hybridized carbons (Fsp3) is 0.750. The molecule has 0 radical (unpaired) electrons. The van der Waals surface area contributed by atoms with Crippen LogP contribution in [0.25, 0.3) is 0 Å². The van der Waals surface area contributed by atoms with E-state index in [2.05, 4.69) is 25.9 Å². The van der Waals surface area contributed by atoms with Gasteiger partial charge in [-0.1, -0.05) is 25.9 Å². The number of hydrogen-bond acceptors (Lipinski definition) is 5. The quantitative estimate of drug-likeness (QED) is 0.772. The molecule has 0 spiro atoms. The Morgan fingerprint density at radius 1 is 1.31 bits per heavy atom. The van der Waals surface area contributed by atoms with Crippen molar-refractivity contribution in [2.75, 3.05) is 19.7 Å². The van der Waals surface area contributed by atoms with Gasteiger partial charge < -0.3 is 14.2 Å². The number of aryl methyl sites for hydroxylation is 1. The first-order valence-electron chi connectivity index (χ1n) is 9.74. The lowest BCUT2D eigenvalue weighted by molar-refractivity contribution is -0.149. The van der Waals surface area contributed by atoms with Crippen molar-refractivity contribution in [3.63, 3.8) is 0 Å². The number of hydrogen-bond donors (Lipinski definition) is 0. The molecular formula is C20H30N2O4. The molecule has 1 amide bonds. The number of esters is 1. The Bertz CT molecular complexity index is 674. The van der Waals surface area contributed by atoms with E-state index in [0.29, 0.717) is 31.3 Å². The third kappa shape index (κ3) is 3.79. The zero-order chi connectivity index (χ0) is 18.9. The van der Waals surface area contributed by atoms with E-state index < -0.39 is 0 Å². The summed E-state index contributed by atoms with van der Waals surface area (Å²) in [6.07, 6.45) is 4.31. The van der Waals surface area contributed by atoms with Crippen LogP contribution in [0.2, 0.25) is 0 Å². The van der Waals surface area contributed by atoms with Crippen molar-refractivity contribution < 1.29 is 18.8 Å². The number of fused-ring (bicyclic) bond motifs is 1. The van der Waals surface area contributed by atoms with Crippen LogP contribution in [0, 0.1) is 17.3 Å². The molecular weight excluding hydrogens is 332 g/mol. The molecule has 0 saturated carbocycles. The predicted molar refractivity (Wildman–Crippen MR) is 96.7 cm³/mol. The van der Waals surface area contributed by atoms with Crippen LogP contribution in [0.4, 0.5) is 0 Å². The number of rotatable bonds is 3. The number of ether oxygens (including phenoxy) is 1. The van der Waals surface area contributed by atoms with Gasteiger partial charge in [0.15, 0.2) is 5.69 Å². The average Bonchev–Trinajstić information content (AvgIpc) is 3.04. The standard InChI is InChI=1S/C20H30N2O4/c1-5-25-19(24)13-7-6-10-22(12-13)18(23)17-15-11-14(20(2,3)4)8-9-16(15)26-21-17/h13-14H,5-12H2,1-4H3. The van der Waals surface area contributed by atoms with Gasteiger partial charge in [0.2, 0.25) is 0 Å². The molecule has 3 rings (SSSR count). The van der Waals surface area contributed by atoms with Gasteiger partial charge in [0.05, 0.1) is 12.5 Å². The van der Waals surface area contributed by atoms with E-state index in [0.717, 1.165) is 43.4 Å². The number of carbonyl (C=O) groups is 2. The summed E-state index contributed by atoms with van der Waals surface area (Å²) in [5.74, 6) is 0.804. The van der Waals surface area contributed by atoms with Crippen LogP contribution in [-0.4, -0.2) is 41.6 Å². The van der Waals surface area contributed by atoms with Gasteiger partial charge in [-0.05, 0) is 43.9 Å².